The summed E-state index contributed by atoms with van der Waals surface area (Å²) in [7, 11) is 0. The zero-order chi connectivity index (χ0) is 17.8. The lowest BCUT2D eigenvalue weighted by molar-refractivity contribution is -0.133. The lowest BCUT2D eigenvalue weighted by Gasteiger charge is -2.24. The monoisotopic (exact) mass is 358 g/mol. The minimum Gasteiger partial charge on any atom is -0.350 e. The Hall–Kier alpha value is -2.34. The molecule has 0 radical (unpaired) electrons. The summed E-state index contributed by atoms with van der Waals surface area (Å²) in [6.45, 7) is 2.33. The van der Waals surface area contributed by atoms with Crippen LogP contribution in [-0.2, 0) is 16.1 Å². The van der Waals surface area contributed by atoms with E-state index in [2.05, 4.69) is 5.32 Å². The second kappa shape index (κ2) is 7.70. The molecule has 1 atom stereocenters. The van der Waals surface area contributed by atoms with Gasteiger partial charge in [-0.15, -0.1) is 11.8 Å². The predicted molar refractivity (Wildman–Crippen MR) is 96.3 cm³/mol. The number of nitrogens with zero attached hydrogens (tertiary/aromatic N) is 1. The fraction of sp³-hybridized carbons (Fsp3) is 0.263. The molecule has 2 amide bonds. The number of halogens is 1. The minimum absolute atomic E-state index is 0.0195. The second-order valence-electron chi connectivity index (χ2n) is 6.00. The number of aryl methyl sites for hydroxylation is 1. The van der Waals surface area contributed by atoms with Crippen LogP contribution in [0.3, 0.4) is 0 Å². The number of rotatable bonds is 5. The van der Waals surface area contributed by atoms with Gasteiger partial charge in [-0.2, -0.15) is 0 Å². The van der Waals surface area contributed by atoms with E-state index in [0.717, 1.165) is 16.7 Å². The molecule has 3 rings (SSSR count). The van der Waals surface area contributed by atoms with E-state index in [1.54, 1.807) is 17.0 Å². The number of hydrogen-bond acceptors (Lipinski definition) is 3. The van der Waals surface area contributed by atoms with Gasteiger partial charge in [0.2, 0.25) is 11.8 Å². The second-order valence-corrected chi connectivity index (χ2v) is 7.07. The lowest BCUT2D eigenvalue weighted by atomic mass is 10.1. The molecule has 1 N–H and O–H groups in total. The van der Waals surface area contributed by atoms with E-state index < -0.39 is 0 Å². The van der Waals surface area contributed by atoms with Crippen LogP contribution in [0.1, 0.15) is 22.1 Å². The maximum Gasteiger partial charge on any atom is 0.239 e. The van der Waals surface area contributed by atoms with Crippen molar-refractivity contribution in [1.29, 1.82) is 0 Å². The molecule has 25 heavy (non-hydrogen) atoms. The summed E-state index contributed by atoms with van der Waals surface area (Å²) in [6.07, 6.45) is 0. The van der Waals surface area contributed by atoms with Gasteiger partial charge < -0.3 is 10.2 Å². The largest absolute Gasteiger partial charge is 0.350 e. The predicted octanol–water partition coefficient (Wildman–Crippen LogP) is 3.02. The van der Waals surface area contributed by atoms with Crippen LogP contribution < -0.4 is 5.32 Å². The zero-order valence-corrected chi connectivity index (χ0v) is 14.7. The van der Waals surface area contributed by atoms with Gasteiger partial charge in [0.05, 0.1) is 5.75 Å². The van der Waals surface area contributed by atoms with Crippen LogP contribution >= 0.6 is 11.8 Å². The number of carbonyl (C=O) groups is 2. The summed E-state index contributed by atoms with van der Waals surface area (Å²) in [5.74, 6) is -0.189. The average molecular weight is 358 g/mol. The Morgan fingerprint density at radius 2 is 2.04 bits per heavy atom. The Morgan fingerprint density at radius 3 is 2.76 bits per heavy atom. The summed E-state index contributed by atoms with van der Waals surface area (Å²) < 4.78 is 12.9. The first-order chi connectivity index (χ1) is 12.0. The van der Waals surface area contributed by atoms with E-state index in [9.17, 15) is 14.0 Å². The molecule has 2 aromatic rings. The quantitative estimate of drug-likeness (QED) is 0.894. The summed E-state index contributed by atoms with van der Waals surface area (Å²) in [4.78, 5) is 26.0. The van der Waals surface area contributed by atoms with Gasteiger partial charge in [-0.1, -0.05) is 42.0 Å². The summed E-state index contributed by atoms with van der Waals surface area (Å²) in [6, 6.07) is 14.0. The van der Waals surface area contributed by atoms with Gasteiger partial charge in [-0.05, 0) is 30.2 Å². The maximum atomic E-state index is 12.9. The van der Waals surface area contributed by atoms with E-state index >= 15 is 0 Å². The van der Waals surface area contributed by atoms with Crippen LogP contribution in [0.25, 0.3) is 0 Å². The number of nitrogens with one attached hydrogen (secondary N) is 1. The summed E-state index contributed by atoms with van der Waals surface area (Å²) in [5, 5.41) is 2.65. The van der Waals surface area contributed by atoms with Gasteiger partial charge >= 0.3 is 0 Å². The molecule has 2 aromatic carbocycles. The molecule has 130 valence electrons. The molecule has 6 heteroatoms. The van der Waals surface area contributed by atoms with Gasteiger partial charge in [-0.25, -0.2) is 4.39 Å². The summed E-state index contributed by atoms with van der Waals surface area (Å²) in [5.41, 5.74) is 2.97. The highest BCUT2D eigenvalue weighted by Gasteiger charge is 2.34. The highest BCUT2D eigenvalue weighted by molar-refractivity contribution is 8.00. The minimum atomic E-state index is -0.309. The van der Waals surface area contributed by atoms with Crippen molar-refractivity contribution in [2.24, 2.45) is 0 Å². The standard InChI is InChI=1S/C19H19FN2O2S/c1-13-3-2-4-15(9-13)19-22(18(24)12-25-19)11-17(23)21-10-14-5-7-16(20)8-6-14/h2-9,19H,10-12H2,1H3,(H,21,23)/t19-/m1/s1. The molecule has 0 unspecified atom stereocenters. The molecule has 0 aliphatic carbocycles. The number of thioether (sulfide) groups is 1. The molecule has 0 aromatic heterocycles. The van der Waals surface area contributed by atoms with E-state index in [0.29, 0.717) is 12.3 Å². The van der Waals surface area contributed by atoms with Gasteiger partial charge in [0.25, 0.3) is 0 Å². The fourth-order valence-electron chi connectivity index (χ4n) is 2.74. The average Bonchev–Trinajstić information content (AvgIpc) is 2.95. The Bertz CT molecular complexity index is 779. The molecule has 0 bridgehead atoms. The SMILES string of the molecule is Cc1cccc([C@H]2SCC(=O)N2CC(=O)NCc2ccc(F)cc2)c1. The van der Waals surface area contributed by atoms with E-state index in [-0.39, 0.29) is 29.6 Å². The van der Waals surface area contributed by atoms with Crippen LogP contribution in [0.5, 0.6) is 0 Å². The van der Waals surface area contributed by atoms with Gasteiger partial charge in [-0.3, -0.25) is 9.59 Å². The molecule has 0 saturated carbocycles. The normalized spacial score (nSPS) is 17.0. The van der Waals surface area contributed by atoms with E-state index in [1.165, 1.54) is 23.9 Å². The first kappa shape index (κ1) is 17.5. The van der Waals surface area contributed by atoms with Crippen molar-refractivity contribution >= 4 is 23.6 Å². The van der Waals surface area contributed by atoms with Crippen molar-refractivity contribution in [3.05, 3.63) is 71.0 Å². The van der Waals surface area contributed by atoms with Crippen molar-refractivity contribution in [1.82, 2.24) is 10.2 Å². The van der Waals surface area contributed by atoms with Crippen LogP contribution in [0.4, 0.5) is 4.39 Å². The smallest absolute Gasteiger partial charge is 0.239 e. The third-order valence-electron chi connectivity index (χ3n) is 4.01. The van der Waals surface area contributed by atoms with Crippen molar-refractivity contribution < 1.29 is 14.0 Å². The van der Waals surface area contributed by atoms with Crippen LogP contribution in [0, 0.1) is 12.7 Å². The highest BCUT2D eigenvalue weighted by atomic mass is 32.2. The van der Waals surface area contributed by atoms with Crippen molar-refractivity contribution in [2.75, 3.05) is 12.3 Å². The summed E-state index contributed by atoms with van der Waals surface area (Å²) >= 11 is 1.53. The Balaban J connectivity index is 1.62. The lowest BCUT2D eigenvalue weighted by Crippen LogP contribution is -2.39. The molecule has 1 heterocycles. The van der Waals surface area contributed by atoms with Crippen molar-refractivity contribution in [2.45, 2.75) is 18.8 Å². The molecule has 1 fully saturated rings. The molecule has 0 spiro atoms. The topological polar surface area (TPSA) is 49.4 Å². The van der Waals surface area contributed by atoms with E-state index in [4.69, 9.17) is 0 Å². The molecule has 4 nitrogen and oxygen atoms in total. The van der Waals surface area contributed by atoms with Crippen LogP contribution in [0.15, 0.2) is 48.5 Å². The number of hydrogen-bond donors (Lipinski definition) is 1. The number of amides is 2. The molecule has 1 aliphatic heterocycles. The number of carbonyl (C=O) groups excluding carboxylic acids is 2. The van der Waals surface area contributed by atoms with Crippen molar-refractivity contribution in [3.63, 3.8) is 0 Å². The third-order valence-corrected chi connectivity index (χ3v) is 5.27. The molecule has 1 saturated heterocycles. The highest BCUT2D eigenvalue weighted by Crippen LogP contribution is 2.38. The van der Waals surface area contributed by atoms with Gasteiger partial charge in [0.15, 0.2) is 0 Å². The third kappa shape index (κ3) is 4.39. The number of benzene rings is 2. The molecule has 1 aliphatic rings. The fourth-order valence-corrected chi connectivity index (χ4v) is 3.92. The Kier molecular flexibility index (Phi) is 5.38. The zero-order valence-electron chi connectivity index (χ0n) is 13.9. The van der Waals surface area contributed by atoms with Gasteiger partial charge in [0, 0.05) is 6.54 Å². The van der Waals surface area contributed by atoms with Gasteiger partial charge in [0.1, 0.15) is 17.7 Å². The Morgan fingerprint density at radius 1 is 1.28 bits per heavy atom. The van der Waals surface area contributed by atoms with Crippen LogP contribution in [-0.4, -0.2) is 29.0 Å². The molecular weight excluding hydrogens is 339 g/mol. The maximum absolute atomic E-state index is 12.9. The van der Waals surface area contributed by atoms with Crippen LogP contribution in [0.2, 0.25) is 0 Å². The Labute approximate surface area is 150 Å². The first-order valence-corrected chi connectivity index (χ1v) is 9.06. The van der Waals surface area contributed by atoms with E-state index in [1.807, 2.05) is 31.2 Å². The molecular formula is C19H19FN2O2S. The van der Waals surface area contributed by atoms with Crippen molar-refractivity contribution in [3.8, 4) is 0 Å². The first-order valence-electron chi connectivity index (χ1n) is 8.02.